The molecule has 1 N–H and O–H groups in total. The summed E-state index contributed by atoms with van der Waals surface area (Å²) in [6, 6.07) is 10.5. The standard InChI is InChI=1S/C18H21N3O5/c1-3-7-15(13-8-5-4-6-9-13)19-17(22)12-26-18(23)16-10-14(21(24)25)11-20(16)2/h4-6,8-11,15H,3,7,12H2,1-2H3,(H,19,22). The monoisotopic (exact) mass is 359 g/mol. The average molecular weight is 359 g/mol. The third kappa shape index (κ3) is 4.92. The topological polar surface area (TPSA) is 103 Å². The molecule has 2 aromatic rings. The molecule has 1 unspecified atom stereocenters. The Morgan fingerprint density at radius 2 is 2.00 bits per heavy atom. The van der Waals surface area contributed by atoms with Crippen LogP contribution in [-0.4, -0.2) is 28.0 Å². The summed E-state index contributed by atoms with van der Waals surface area (Å²) < 4.78 is 6.28. The summed E-state index contributed by atoms with van der Waals surface area (Å²) in [6.45, 7) is 1.56. The van der Waals surface area contributed by atoms with Crippen molar-refractivity contribution in [1.29, 1.82) is 0 Å². The van der Waals surface area contributed by atoms with Crippen molar-refractivity contribution in [1.82, 2.24) is 9.88 Å². The van der Waals surface area contributed by atoms with Crippen molar-refractivity contribution in [3.63, 3.8) is 0 Å². The molecule has 1 aromatic carbocycles. The van der Waals surface area contributed by atoms with Gasteiger partial charge in [0.1, 0.15) is 5.69 Å². The van der Waals surface area contributed by atoms with Crippen LogP contribution in [0.1, 0.15) is 41.9 Å². The lowest BCUT2D eigenvalue weighted by molar-refractivity contribution is -0.384. The van der Waals surface area contributed by atoms with Crippen molar-refractivity contribution in [2.75, 3.05) is 6.61 Å². The Bertz CT molecular complexity index is 785. The van der Waals surface area contributed by atoms with Crippen molar-refractivity contribution in [3.8, 4) is 0 Å². The summed E-state index contributed by atoms with van der Waals surface area (Å²) in [5.74, 6) is -1.22. The third-order valence-corrected chi connectivity index (χ3v) is 3.86. The summed E-state index contributed by atoms with van der Waals surface area (Å²) in [6.07, 6.45) is 2.85. The number of esters is 1. The lowest BCUT2D eigenvalue weighted by Gasteiger charge is -2.18. The average Bonchev–Trinajstić information content (AvgIpc) is 3.02. The highest BCUT2D eigenvalue weighted by Crippen LogP contribution is 2.18. The molecule has 0 bridgehead atoms. The van der Waals surface area contributed by atoms with E-state index in [-0.39, 0.29) is 17.4 Å². The molecular weight excluding hydrogens is 338 g/mol. The molecule has 1 heterocycles. The lowest BCUT2D eigenvalue weighted by Crippen LogP contribution is -2.32. The van der Waals surface area contributed by atoms with E-state index in [0.717, 1.165) is 24.5 Å². The van der Waals surface area contributed by atoms with Gasteiger partial charge < -0.3 is 14.6 Å². The highest BCUT2D eigenvalue weighted by molar-refractivity contribution is 5.90. The molecule has 0 saturated heterocycles. The van der Waals surface area contributed by atoms with Crippen LogP contribution in [0.2, 0.25) is 0 Å². The van der Waals surface area contributed by atoms with Crippen LogP contribution in [0.25, 0.3) is 0 Å². The number of carbonyl (C=O) groups excluding carboxylic acids is 2. The highest BCUT2D eigenvalue weighted by Gasteiger charge is 2.20. The largest absolute Gasteiger partial charge is 0.451 e. The van der Waals surface area contributed by atoms with Gasteiger partial charge in [-0.2, -0.15) is 0 Å². The fourth-order valence-electron chi connectivity index (χ4n) is 2.59. The first-order valence-corrected chi connectivity index (χ1v) is 8.24. The molecule has 138 valence electrons. The van der Waals surface area contributed by atoms with Crippen molar-refractivity contribution in [3.05, 3.63) is 64.0 Å². The number of aromatic nitrogens is 1. The zero-order chi connectivity index (χ0) is 19.1. The van der Waals surface area contributed by atoms with Crippen LogP contribution in [0.15, 0.2) is 42.6 Å². The summed E-state index contributed by atoms with van der Waals surface area (Å²) in [5.41, 5.74) is 0.778. The van der Waals surface area contributed by atoms with Crippen molar-refractivity contribution in [2.45, 2.75) is 25.8 Å². The Morgan fingerprint density at radius 1 is 1.31 bits per heavy atom. The minimum Gasteiger partial charge on any atom is -0.451 e. The highest BCUT2D eigenvalue weighted by atomic mass is 16.6. The second kappa shape index (κ2) is 8.80. The van der Waals surface area contributed by atoms with Crippen LogP contribution in [0.4, 0.5) is 5.69 Å². The number of aryl methyl sites for hydroxylation is 1. The molecule has 0 saturated carbocycles. The maximum absolute atomic E-state index is 12.1. The Kier molecular flexibility index (Phi) is 6.48. The van der Waals surface area contributed by atoms with Gasteiger partial charge in [-0.1, -0.05) is 43.7 Å². The molecule has 0 radical (unpaired) electrons. The molecule has 1 aromatic heterocycles. The van der Waals surface area contributed by atoms with E-state index in [9.17, 15) is 19.7 Å². The van der Waals surface area contributed by atoms with Gasteiger partial charge in [-0.3, -0.25) is 14.9 Å². The zero-order valence-corrected chi connectivity index (χ0v) is 14.7. The summed E-state index contributed by atoms with van der Waals surface area (Å²) in [5, 5.41) is 13.6. The van der Waals surface area contributed by atoms with Gasteiger partial charge in [-0.15, -0.1) is 0 Å². The molecule has 26 heavy (non-hydrogen) atoms. The number of amides is 1. The SMILES string of the molecule is CCCC(NC(=O)COC(=O)c1cc([N+](=O)[O-])cn1C)c1ccccc1. The number of nitrogens with one attached hydrogen (secondary N) is 1. The van der Waals surface area contributed by atoms with Crippen molar-refractivity contribution >= 4 is 17.6 Å². The number of ether oxygens (including phenoxy) is 1. The molecule has 8 nitrogen and oxygen atoms in total. The van der Waals surface area contributed by atoms with Gasteiger partial charge >= 0.3 is 5.97 Å². The molecule has 8 heteroatoms. The molecule has 1 amide bonds. The molecule has 1 atom stereocenters. The number of nitrogens with zero attached hydrogens (tertiary/aromatic N) is 2. The van der Waals surface area contributed by atoms with E-state index in [1.807, 2.05) is 37.3 Å². The molecule has 0 spiro atoms. The van der Waals surface area contributed by atoms with E-state index >= 15 is 0 Å². The minimum absolute atomic E-state index is 0.0117. The Balaban J connectivity index is 1.95. The van der Waals surface area contributed by atoms with Crippen LogP contribution in [0, 0.1) is 10.1 Å². The van der Waals surface area contributed by atoms with Crippen LogP contribution >= 0.6 is 0 Å². The normalized spacial score (nSPS) is 11.6. The van der Waals surface area contributed by atoms with E-state index < -0.39 is 23.4 Å². The minimum atomic E-state index is -0.789. The predicted octanol–water partition coefficient (Wildman–Crippen LogP) is 2.75. The number of benzene rings is 1. The maximum atomic E-state index is 12.1. The molecule has 0 aliphatic rings. The quantitative estimate of drug-likeness (QED) is 0.443. The van der Waals surface area contributed by atoms with E-state index in [2.05, 4.69) is 5.32 Å². The maximum Gasteiger partial charge on any atom is 0.355 e. The third-order valence-electron chi connectivity index (χ3n) is 3.86. The second-order valence-electron chi connectivity index (χ2n) is 5.85. The lowest BCUT2D eigenvalue weighted by atomic mass is 10.0. The Labute approximate surface area is 150 Å². The molecule has 0 aliphatic heterocycles. The second-order valence-corrected chi connectivity index (χ2v) is 5.85. The van der Waals surface area contributed by atoms with Gasteiger partial charge in [0.2, 0.25) is 0 Å². The fourth-order valence-corrected chi connectivity index (χ4v) is 2.59. The summed E-state index contributed by atoms with van der Waals surface area (Å²) in [7, 11) is 1.50. The first kappa shape index (κ1) is 19.2. The first-order chi connectivity index (χ1) is 12.4. The van der Waals surface area contributed by atoms with Gasteiger partial charge in [0.15, 0.2) is 6.61 Å². The van der Waals surface area contributed by atoms with Crippen LogP contribution in [0.3, 0.4) is 0 Å². The molecule has 0 fully saturated rings. The van der Waals surface area contributed by atoms with Crippen LogP contribution in [0.5, 0.6) is 0 Å². The molecule has 0 aliphatic carbocycles. The van der Waals surface area contributed by atoms with Crippen molar-refractivity contribution < 1.29 is 19.2 Å². The number of hydrogen-bond acceptors (Lipinski definition) is 5. The van der Waals surface area contributed by atoms with Gasteiger partial charge in [-0.25, -0.2) is 4.79 Å². The number of hydrogen-bond donors (Lipinski definition) is 1. The zero-order valence-electron chi connectivity index (χ0n) is 14.7. The molecule has 2 rings (SSSR count). The van der Waals surface area contributed by atoms with E-state index in [0.29, 0.717) is 0 Å². The summed E-state index contributed by atoms with van der Waals surface area (Å²) >= 11 is 0. The van der Waals surface area contributed by atoms with Crippen LogP contribution < -0.4 is 5.32 Å². The Hall–Kier alpha value is -3.16. The smallest absolute Gasteiger partial charge is 0.355 e. The van der Waals surface area contributed by atoms with Gasteiger partial charge in [0.25, 0.3) is 11.6 Å². The number of carbonyl (C=O) groups is 2. The Morgan fingerprint density at radius 3 is 2.58 bits per heavy atom. The molecular formula is C18H21N3O5. The van der Waals surface area contributed by atoms with E-state index in [1.165, 1.54) is 17.8 Å². The summed E-state index contributed by atoms with van der Waals surface area (Å²) in [4.78, 5) is 34.3. The van der Waals surface area contributed by atoms with Gasteiger partial charge in [-0.05, 0) is 12.0 Å². The fraction of sp³-hybridized carbons (Fsp3) is 0.333. The van der Waals surface area contributed by atoms with Gasteiger partial charge in [0.05, 0.1) is 17.2 Å². The van der Waals surface area contributed by atoms with Crippen molar-refractivity contribution in [2.24, 2.45) is 7.05 Å². The predicted molar refractivity (Wildman–Crippen MR) is 94.6 cm³/mol. The number of rotatable bonds is 8. The van der Waals surface area contributed by atoms with Gasteiger partial charge in [0, 0.05) is 13.1 Å². The first-order valence-electron chi connectivity index (χ1n) is 8.24. The van der Waals surface area contributed by atoms with E-state index in [4.69, 9.17) is 4.74 Å². The van der Waals surface area contributed by atoms with Crippen LogP contribution in [-0.2, 0) is 16.6 Å². The number of nitro groups is 1. The van der Waals surface area contributed by atoms with E-state index in [1.54, 1.807) is 0 Å².